The summed E-state index contributed by atoms with van der Waals surface area (Å²) in [4.78, 5) is 36.7. The molecule has 0 aromatic carbocycles. The second kappa shape index (κ2) is 10.9. The Bertz CT molecular complexity index is 472. The fourth-order valence-corrected chi connectivity index (χ4v) is 3.61. The molecular formula is C18H32N4O4. The van der Waals surface area contributed by atoms with Crippen molar-refractivity contribution in [1.82, 2.24) is 20.9 Å². The van der Waals surface area contributed by atoms with Gasteiger partial charge in [-0.2, -0.15) is 0 Å². The Hall–Kier alpha value is -1.99. The quantitative estimate of drug-likeness (QED) is 0.620. The van der Waals surface area contributed by atoms with Crippen LogP contribution in [0.25, 0.3) is 0 Å². The minimum absolute atomic E-state index is 0.0793. The summed E-state index contributed by atoms with van der Waals surface area (Å²) < 4.78 is 4.46. The van der Waals surface area contributed by atoms with Gasteiger partial charge in [0, 0.05) is 25.7 Å². The van der Waals surface area contributed by atoms with Crippen LogP contribution in [0.5, 0.6) is 0 Å². The molecule has 0 bridgehead atoms. The van der Waals surface area contributed by atoms with E-state index in [4.69, 9.17) is 0 Å². The van der Waals surface area contributed by atoms with E-state index in [1.54, 1.807) is 0 Å². The lowest BCUT2D eigenvalue weighted by Gasteiger charge is -2.34. The number of hydrogen-bond acceptors (Lipinski definition) is 4. The average molecular weight is 368 g/mol. The number of esters is 1. The maximum absolute atomic E-state index is 12.3. The summed E-state index contributed by atoms with van der Waals surface area (Å²) >= 11 is 0. The van der Waals surface area contributed by atoms with Crippen LogP contribution < -0.4 is 16.0 Å². The summed E-state index contributed by atoms with van der Waals surface area (Å²) in [5, 5.41) is 8.37. The maximum Gasteiger partial charge on any atom is 0.325 e. The number of urea groups is 2. The highest BCUT2D eigenvalue weighted by Crippen LogP contribution is 2.21. The minimum Gasteiger partial charge on any atom is -0.468 e. The normalized spacial score (nSPS) is 18.9. The second-order valence-electron chi connectivity index (χ2n) is 7.19. The fourth-order valence-electron chi connectivity index (χ4n) is 3.61. The third kappa shape index (κ3) is 7.09. The molecule has 1 aliphatic carbocycles. The van der Waals surface area contributed by atoms with Gasteiger partial charge in [-0.05, 0) is 38.0 Å². The zero-order chi connectivity index (χ0) is 18.8. The molecule has 1 aliphatic heterocycles. The van der Waals surface area contributed by atoms with Gasteiger partial charge in [-0.3, -0.25) is 4.79 Å². The summed E-state index contributed by atoms with van der Waals surface area (Å²) in [7, 11) is 1.28. The fraction of sp³-hybridized carbons (Fsp3) is 0.833. The van der Waals surface area contributed by atoms with Crippen molar-refractivity contribution < 1.29 is 19.1 Å². The lowest BCUT2D eigenvalue weighted by molar-refractivity contribution is -0.139. The first-order valence-corrected chi connectivity index (χ1v) is 9.72. The number of carbonyl (C=O) groups is 3. The van der Waals surface area contributed by atoms with E-state index < -0.39 is 5.97 Å². The Morgan fingerprint density at radius 2 is 1.69 bits per heavy atom. The van der Waals surface area contributed by atoms with E-state index in [-0.39, 0.29) is 18.6 Å². The third-order valence-corrected chi connectivity index (χ3v) is 5.29. The topological polar surface area (TPSA) is 99.8 Å². The highest BCUT2D eigenvalue weighted by Gasteiger charge is 2.24. The molecule has 2 aliphatic rings. The van der Waals surface area contributed by atoms with Crippen LogP contribution in [0.1, 0.15) is 51.4 Å². The number of piperidine rings is 1. The largest absolute Gasteiger partial charge is 0.468 e. The lowest BCUT2D eigenvalue weighted by atomic mass is 9.93. The molecule has 0 aromatic rings. The van der Waals surface area contributed by atoms with Crippen LogP contribution in [0.3, 0.4) is 0 Å². The van der Waals surface area contributed by atoms with E-state index in [1.807, 2.05) is 4.90 Å². The van der Waals surface area contributed by atoms with Crippen molar-refractivity contribution in [2.24, 2.45) is 5.92 Å². The molecule has 8 nitrogen and oxygen atoms in total. The number of nitrogens with one attached hydrogen (secondary N) is 3. The van der Waals surface area contributed by atoms with Crippen molar-refractivity contribution in [2.75, 3.05) is 33.3 Å². The molecule has 3 N–H and O–H groups in total. The van der Waals surface area contributed by atoms with Crippen LogP contribution >= 0.6 is 0 Å². The highest BCUT2D eigenvalue weighted by molar-refractivity contribution is 5.80. The van der Waals surface area contributed by atoms with E-state index in [0.717, 1.165) is 45.2 Å². The Morgan fingerprint density at radius 1 is 1.00 bits per heavy atom. The van der Waals surface area contributed by atoms with Crippen LogP contribution in [0, 0.1) is 5.92 Å². The third-order valence-electron chi connectivity index (χ3n) is 5.29. The molecule has 1 heterocycles. The maximum atomic E-state index is 12.3. The molecule has 0 aromatic heterocycles. The molecule has 8 heteroatoms. The highest BCUT2D eigenvalue weighted by atomic mass is 16.5. The number of ether oxygens (including phenoxy) is 1. The number of rotatable bonds is 6. The number of likely N-dealkylation sites (tertiary alicyclic amines) is 1. The molecule has 1 saturated carbocycles. The van der Waals surface area contributed by atoms with E-state index in [0.29, 0.717) is 18.5 Å². The average Bonchev–Trinajstić information content (AvgIpc) is 2.67. The first-order valence-electron chi connectivity index (χ1n) is 9.72. The predicted molar refractivity (Wildman–Crippen MR) is 97.7 cm³/mol. The van der Waals surface area contributed by atoms with Gasteiger partial charge in [-0.1, -0.05) is 19.3 Å². The molecule has 2 rings (SSSR count). The summed E-state index contributed by atoms with van der Waals surface area (Å²) in [6.45, 7) is 1.98. The van der Waals surface area contributed by atoms with E-state index in [9.17, 15) is 14.4 Å². The molecular weight excluding hydrogens is 336 g/mol. The monoisotopic (exact) mass is 368 g/mol. The molecule has 0 spiro atoms. The first kappa shape index (κ1) is 20.3. The van der Waals surface area contributed by atoms with Gasteiger partial charge in [0.25, 0.3) is 0 Å². The van der Waals surface area contributed by atoms with Gasteiger partial charge >= 0.3 is 18.0 Å². The van der Waals surface area contributed by atoms with Gasteiger partial charge < -0.3 is 25.6 Å². The summed E-state index contributed by atoms with van der Waals surface area (Å²) in [6.07, 6.45) is 8.72. The Kier molecular flexibility index (Phi) is 8.50. The number of carbonyl (C=O) groups excluding carboxylic acids is 3. The standard InChI is InChI=1S/C18H32N4O4/c1-26-16(23)13-20-17(24)19-10-7-14-8-11-22(12-9-14)18(25)21-15-5-3-2-4-6-15/h14-15H,2-13H2,1H3,(H,21,25)(H2,19,20,24). The van der Waals surface area contributed by atoms with Gasteiger partial charge in [0.1, 0.15) is 6.54 Å². The van der Waals surface area contributed by atoms with Crippen molar-refractivity contribution in [2.45, 2.75) is 57.4 Å². The molecule has 4 amide bonds. The SMILES string of the molecule is COC(=O)CNC(=O)NCCC1CCN(C(=O)NC2CCCCC2)CC1. The lowest BCUT2D eigenvalue weighted by Crippen LogP contribution is -2.48. The zero-order valence-electron chi connectivity index (χ0n) is 15.7. The molecule has 0 atom stereocenters. The summed E-state index contributed by atoms with van der Waals surface area (Å²) in [6, 6.07) is 0.0667. The number of methoxy groups -OCH3 is 1. The number of nitrogens with zero attached hydrogens (tertiary/aromatic N) is 1. The Labute approximate surface area is 155 Å². The predicted octanol–water partition coefficient (Wildman–Crippen LogP) is 1.60. The van der Waals surface area contributed by atoms with Gasteiger partial charge in [-0.15, -0.1) is 0 Å². The van der Waals surface area contributed by atoms with E-state index in [1.165, 1.54) is 26.4 Å². The molecule has 0 radical (unpaired) electrons. The molecule has 26 heavy (non-hydrogen) atoms. The van der Waals surface area contributed by atoms with Crippen LogP contribution in [0.4, 0.5) is 9.59 Å². The summed E-state index contributed by atoms with van der Waals surface area (Å²) in [5.74, 6) is 0.0358. The van der Waals surface area contributed by atoms with Gasteiger partial charge in [0.05, 0.1) is 7.11 Å². The van der Waals surface area contributed by atoms with Gasteiger partial charge in [0.2, 0.25) is 0 Å². The van der Waals surface area contributed by atoms with Crippen molar-refractivity contribution in [3.63, 3.8) is 0 Å². The molecule has 148 valence electrons. The summed E-state index contributed by atoms with van der Waals surface area (Å²) in [5.41, 5.74) is 0. The van der Waals surface area contributed by atoms with Gasteiger partial charge in [-0.25, -0.2) is 9.59 Å². The van der Waals surface area contributed by atoms with Crippen LogP contribution in [0.2, 0.25) is 0 Å². The van der Waals surface area contributed by atoms with Crippen LogP contribution in [0.15, 0.2) is 0 Å². The van der Waals surface area contributed by atoms with Crippen molar-refractivity contribution in [1.29, 1.82) is 0 Å². The molecule has 0 unspecified atom stereocenters. The first-order chi connectivity index (χ1) is 12.6. The van der Waals surface area contributed by atoms with Gasteiger partial charge in [0.15, 0.2) is 0 Å². The van der Waals surface area contributed by atoms with Crippen molar-refractivity contribution in [3.8, 4) is 0 Å². The van der Waals surface area contributed by atoms with E-state index >= 15 is 0 Å². The number of hydrogen-bond donors (Lipinski definition) is 3. The Balaban J connectivity index is 1.55. The number of amides is 4. The van der Waals surface area contributed by atoms with Crippen LogP contribution in [-0.2, 0) is 9.53 Å². The molecule has 1 saturated heterocycles. The second-order valence-corrected chi connectivity index (χ2v) is 7.19. The Morgan fingerprint density at radius 3 is 2.35 bits per heavy atom. The molecule has 2 fully saturated rings. The minimum atomic E-state index is -0.473. The van der Waals surface area contributed by atoms with Crippen molar-refractivity contribution >= 4 is 18.0 Å². The van der Waals surface area contributed by atoms with Crippen molar-refractivity contribution in [3.05, 3.63) is 0 Å². The zero-order valence-corrected chi connectivity index (χ0v) is 15.7. The smallest absolute Gasteiger partial charge is 0.325 e. The van der Waals surface area contributed by atoms with E-state index in [2.05, 4.69) is 20.7 Å². The van der Waals surface area contributed by atoms with Crippen LogP contribution in [-0.4, -0.2) is 62.3 Å².